The molecule has 0 aliphatic carbocycles. The van der Waals surface area contributed by atoms with Gasteiger partial charge in [-0.1, -0.05) is 0 Å². The zero-order valence-corrected chi connectivity index (χ0v) is 10.9. The molecule has 0 bridgehead atoms. The monoisotopic (exact) mass is 257 g/mol. The third kappa shape index (κ3) is 1.97. The summed E-state index contributed by atoms with van der Waals surface area (Å²) in [5, 5.41) is 8.38. The molecule has 7 heteroatoms. The highest BCUT2D eigenvalue weighted by Crippen LogP contribution is 2.17. The fourth-order valence-corrected chi connectivity index (χ4v) is 2.15. The molecular weight excluding hydrogens is 242 g/mol. The van der Waals surface area contributed by atoms with Crippen LogP contribution in [0.25, 0.3) is 17.2 Å². The molecule has 0 aliphatic heterocycles. The van der Waals surface area contributed by atoms with Crippen molar-refractivity contribution in [3.05, 3.63) is 30.1 Å². The molecule has 3 aromatic heterocycles. The molecule has 3 heterocycles. The molecule has 0 saturated carbocycles. The van der Waals surface area contributed by atoms with Gasteiger partial charge in [-0.15, -0.1) is 10.2 Å². The van der Waals surface area contributed by atoms with Gasteiger partial charge in [-0.2, -0.15) is 0 Å². The van der Waals surface area contributed by atoms with Crippen LogP contribution in [0.15, 0.2) is 18.6 Å². The minimum absolute atomic E-state index is 0.580. The molecule has 3 rings (SSSR count). The first kappa shape index (κ1) is 11.8. The van der Waals surface area contributed by atoms with Crippen LogP contribution >= 0.6 is 0 Å². The number of rotatable bonds is 3. The molecule has 0 atom stereocenters. The number of nitrogens with zero attached hydrogens (tertiary/aromatic N) is 6. The number of hydrogen-bond donors (Lipinski definition) is 1. The van der Waals surface area contributed by atoms with Gasteiger partial charge in [0.2, 0.25) is 0 Å². The maximum absolute atomic E-state index is 5.53. The smallest absolute Gasteiger partial charge is 0.190 e. The fourth-order valence-electron chi connectivity index (χ4n) is 2.15. The van der Waals surface area contributed by atoms with Crippen molar-refractivity contribution in [3.63, 3.8) is 0 Å². The molecule has 98 valence electrons. The third-order valence-corrected chi connectivity index (χ3v) is 2.94. The summed E-state index contributed by atoms with van der Waals surface area (Å²) in [4.78, 5) is 8.78. The Bertz CT molecular complexity index is 725. The van der Waals surface area contributed by atoms with Crippen molar-refractivity contribution in [2.45, 2.75) is 20.4 Å². The Morgan fingerprint density at radius 2 is 2.11 bits per heavy atom. The van der Waals surface area contributed by atoms with Crippen molar-refractivity contribution in [2.75, 3.05) is 6.54 Å². The summed E-state index contributed by atoms with van der Waals surface area (Å²) < 4.78 is 3.84. The maximum atomic E-state index is 5.53. The van der Waals surface area contributed by atoms with Crippen molar-refractivity contribution < 1.29 is 0 Å². The average Bonchev–Trinajstić information content (AvgIpc) is 2.95. The van der Waals surface area contributed by atoms with Crippen LogP contribution in [0.2, 0.25) is 0 Å². The van der Waals surface area contributed by atoms with E-state index in [1.807, 2.05) is 35.1 Å². The highest BCUT2D eigenvalue weighted by atomic mass is 15.3. The van der Waals surface area contributed by atoms with Crippen molar-refractivity contribution in [3.8, 4) is 11.5 Å². The van der Waals surface area contributed by atoms with Crippen molar-refractivity contribution in [1.82, 2.24) is 29.1 Å². The van der Waals surface area contributed by atoms with Crippen LogP contribution < -0.4 is 5.73 Å². The first-order valence-electron chi connectivity index (χ1n) is 6.10. The lowest BCUT2D eigenvalue weighted by atomic mass is 10.4. The minimum atomic E-state index is 0.580. The van der Waals surface area contributed by atoms with E-state index in [1.54, 1.807) is 6.33 Å². The Morgan fingerprint density at radius 3 is 2.89 bits per heavy atom. The van der Waals surface area contributed by atoms with Gasteiger partial charge in [0.25, 0.3) is 0 Å². The van der Waals surface area contributed by atoms with Crippen LogP contribution in [0.5, 0.6) is 0 Å². The van der Waals surface area contributed by atoms with Crippen LogP contribution in [0.1, 0.15) is 11.5 Å². The maximum Gasteiger partial charge on any atom is 0.190 e. The van der Waals surface area contributed by atoms with Gasteiger partial charge in [-0.3, -0.25) is 4.40 Å². The van der Waals surface area contributed by atoms with Crippen LogP contribution in [0.3, 0.4) is 0 Å². The summed E-state index contributed by atoms with van der Waals surface area (Å²) in [5.41, 5.74) is 8.01. The number of aromatic nitrogens is 6. The largest absolute Gasteiger partial charge is 0.335 e. The number of imidazole rings is 1. The van der Waals surface area contributed by atoms with Crippen LogP contribution in [0.4, 0.5) is 0 Å². The topological polar surface area (TPSA) is 86.9 Å². The number of fused-ring (bicyclic) bond motifs is 1. The first-order chi connectivity index (χ1) is 9.19. The molecule has 0 unspecified atom stereocenters. The molecule has 0 radical (unpaired) electrons. The molecular formula is C12H15N7. The quantitative estimate of drug-likeness (QED) is 0.741. The standard InChI is InChI=1S/C12H15N7/c1-8-5-11-16-17-12(19(11)9(2)15-8)10-6-18(4-3-13)7-14-10/h5-7H,3-4,13H2,1-2H3. The molecule has 3 aromatic rings. The van der Waals surface area contributed by atoms with E-state index in [4.69, 9.17) is 5.73 Å². The molecule has 2 N–H and O–H groups in total. The van der Waals surface area contributed by atoms with E-state index in [0.29, 0.717) is 12.4 Å². The molecule has 0 amide bonds. The first-order valence-corrected chi connectivity index (χ1v) is 6.10. The lowest BCUT2D eigenvalue weighted by Gasteiger charge is -2.02. The Kier molecular flexibility index (Phi) is 2.75. The Hall–Kier alpha value is -2.28. The minimum Gasteiger partial charge on any atom is -0.335 e. The summed E-state index contributed by atoms with van der Waals surface area (Å²) in [7, 11) is 0. The second-order valence-corrected chi connectivity index (χ2v) is 4.45. The Labute approximate surface area is 110 Å². The predicted molar refractivity (Wildman–Crippen MR) is 70.5 cm³/mol. The lowest BCUT2D eigenvalue weighted by molar-refractivity contribution is 0.708. The number of nitrogens with two attached hydrogens (primary N) is 1. The highest BCUT2D eigenvalue weighted by Gasteiger charge is 2.13. The average molecular weight is 257 g/mol. The molecule has 0 aliphatic rings. The summed E-state index contributed by atoms with van der Waals surface area (Å²) in [6.07, 6.45) is 3.67. The van der Waals surface area contributed by atoms with Gasteiger partial charge in [0.15, 0.2) is 11.5 Å². The molecule has 0 saturated heterocycles. The fraction of sp³-hybridized carbons (Fsp3) is 0.333. The van der Waals surface area contributed by atoms with Crippen LogP contribution in [-0.4, -0.2) is 35.7 Å². The molecule has 0 aromatic carbocycles. The van der Waals surface area contributed by atoms with E-state index in [1.165, 1.54) is 0 Å². The van der Waals surface area contributed by atoms with E-state index < -0.39 is 0 Å². The second kappa shape index (κ2) is 4.43. The normalized spacial score (nSPS) is 11.3. The predicted octanol–water partition coefficient (Wildman–Crippen LogP) is 0.563. The highest BCUT2D eigenvalue weighted by molar-refractivity contribution is 5.55. The summed E-state index contributed by atoms with van der Waals surface area (Å²) in [6, 6.07) is 1.90. The number of hydrogen-bond acceptors (Lipinski definition) is 5. The lowest BCUT2D eigenvalue weighted by Crippen LogP contribution is -2.07. The van der Waals surface area contributed by atoms with Crippen molar-refractivity contribution in [2.24, 2.45) is 5.73 Å². The van der Waals surface area contributed by atoms with Gasteiger partial charge in [0, 0.05) is 31.0 Å². The van der Waals surface area contributed by atoms with Gasteiger partial charge >= 0.3 is 0 Å². The van der Waals surface area contributed by atoms with Crippen molar-refractivity contribution >= 4 is 5.65 Å². The van der Waals surface area contributed by atoms with Gasteiger partial charge < -0.3 is 10.3 Å². The van der Waals surface area contributed by atoms with Crippen molar-refractivity contribution in [1.29, 1.82) is 0 Å². The molecule has 7 nitrogen and oxygen atoms in total. The third-order valence-electron chi connectivity index (χ3n) is 2.94. The van der Waals surface area contributed by atoms with E-state index in [0.717, 1.165) is 29.4 Å². The van der Waals surface area contributed by atoms with Gasteiger partial charge in [0.1, 0.15) is 11.5 Å². The van der Waals surface area contributed by atoms with Crippen LogP contribution in [0, 0.1) is 13.8 Å². The zero-order chi connectivity index (χ0) is 13.4. The summed E-state index contributed by atoms with van der Waals surface area (Å²) in [5.74, 6) is 1.55. The SMILES string of the molecule is Cc1cc2nnc(-c3cn(CCN)cn3)n2c(C)n1. The zero-order valence-electron chi connectivity index (χ0n) is 10.9. The summed E-state index contributed by atoms with van der Waals surface area (Å²) >= 11 is 0. The van der Waals surface area contributed by atoms with Crippen LogP contribution in [-0.2, 0) is 6.54 Å². The molecule has 19 heavy (non-hydrogen) atoms. The van der Waals surface area contributed by atoms with Gasteiger partial charge in [-0.05, 0) is 13.8 Å². The van der Waals surface area contributed by atoms with E-state index in [-0.39, 0.29) is 0 Å². The number of aryl methyl sites for hydroxylation is 2. The van der Waals surface area contributed by atoms with Gasteiger partial charge in [-0.25, -0.2) is 9.97 Å². The van der Waals surface area contributed by atoms with E-state index in [2.05, 4.69) is 20.2 Å². The van der Waals surface area contributed by atoms with E-state index in [9.17, 15) is 0 Å². The van der Waals surface area contributed by atoms with E-state index >= 15 is 0 Å². The Balaban J connectivity index is 2.14. The second-order valence-electron chi connectivity index (χ2n) is 4.45. The molecule has 0 fully saturated rings. The Morgan fingerprint density at radius 1 is 1.26 bits per heavy atom. The summed E-state index contributed by atoms with van der Waals surface area (Å²) in [6.45, 7) is 5.19. The molecule has 0 spiro atoms. The van der Waals surface area contributed by atoms with Gasteiger partial charge in [0.05, 0.1) is 6.33 Å².